The normalized spacial score (nSPS) is 25.7. The van der Waals surface area contributed by atoms with Gasteiger partial charge in [-0.3, -0.25) is 9.78 Å². The van der Waals surface area contributed by atoms with E-state index >= 15 is 0 Å². The highest BCUT2D eigenvalue weighted by Gasteiger charge is 2.59. The summed E-state index contributed by atoms with van der Waals surface area (Å²) in [5.41, 5.74) is -1.04. The number of sulfone groups is 1. The minimum absolute atomic E-state index is 0.00331. The third-order valence-corrected chi connectivity index (χ3v) is 10.5. The summed E-state index contributed by atoms with van der Waals surface area (Å²) in [5, 5.41) is 24.1. The van der Waals surface area contributed by atoms with E-state index in [1.807, 2.05) is 0 Å². The summed E-state index contributed by atoms with van der Waals surface area (Å²) in [4.78, 5) is 16.5. The van der Waals surface area contributed by atoms with E-state index in [-0.39, 0.29) is 34.0 Å². The first-order chi connectivity index (χ1) is 18.0. The van der Waals surface area contributed by atoms with Gasteiger partial charge in [-0.2, -0.15) is 0 Å². The van der Waals surface area contributed by atoms with Crippen molar-refractivity contribution in [1.29, 1.82) is 0 Å². The monoisotopic (exact) mass is 562 g/mol. The molecule has 200 valence electrons. The van der Waals surface area contributed by atoms with Gasteiger partial charge in [0.25, 0.3) is 5.91 Å². The molecule has 38 heavy (non-hydrogen) atoms. The van der Waals surface area contributed by atoms with Gasteiger partial charge in [-0.05, 0) is 73.9 Å². The van der Waals surface area contributed by atoms with Crippen LogP contribution in [0, 0.1) is 23.5 Å². The number of nitrogens with one attached hydrogen (secondary N) is 1. The van der Waals surface area contributed by atoms with Gasteiger partial charge in [0.1, 0.15) is 11.7 Å². The quantitative estimate of drug-likeness (QED) is 0.401. The average Bonchev–Trinajstić information content (AvgIpc) is 3.06. The first-order valence-electron chi connectivity index (χ1n) is 12.1. The molecule has 0 aliphatic heterocycles. The van der Waals surface area contributed by atoms with Crippen molar-refractivity contribution in [3.63, 3.8) is 0 Å². The maximum atomic E-state index is 13.7. The summed E-state index contributed by atoms with van der Waals surface area (Å²) in [6, 6.07) is 10.0. The van der Waals surface area contributed by atoms with E-state index in [2.05, 4.69) is 10.3 Å². The number of rotatable bonds is 6. The van der Waals surface area contributed by atoms with Crippen molar-refractivity contribution in [2.24, 2.45) is 11.8 Å². The van der Waals surface area contributed by atoms with Gasteiger partial charge in [0, 0.05) is 35.3 Å². The largest absolute Gasteiger partial charge is 0.386 e. The minimum Gasteiger partial charge on any atom is -0.386 e. The van der Waals surface area contributed by atoms with Crippen LogP contribution in [0.15, 0.2) is 65.8 Å². The van der Waals surface area contributed by atoms with Crippen molar-refractivity contribution in [3.8, 4) is 0 Å². The Bertz CT molecular complexity index is 1470. The van der Waals surface area contributed by atoms with E-state index in [1.165, 1.54) is 30.5 Å². The fourth-order valence-electron chi connectivity index (χ4n) is 5.87. The van der Waals surface area contributed by atoms with Gasteiger partial charge in [0.2, 0.25) is 0 Å². The lowest BCUT2D eigenvalue weighted by molar-refractivity contribution is -0.144. The van der Waals surface area contributed by atoms with Gasteiger partial charge < -0.3 is 15.5 Å². The molecular formula is C27H25ClF2N2O5S. The molecule has 5 rings (SSSR count). The number of hydrogen-bond donors (Lipinski definition) is 3. The zero-order valence-electron chi connectivity index (χ0n) is 20.0. The molecule has 1 heterocycles. The Balaban J connectivity index is 1.39. The van der Waals surface area contributed by atoms with E-state index in [0.29, 0.717) is 18.4 Å². The summed E-state index contributed by atoms with van der Waals surface area (Å²) < 4.78 is 54.2. The Hall–Kier alpha value is -2.92. The summed E-state index contributed by atoms with van der Waals surface area (Å²) in [6.45, 7) is 0. The minimum atomic E-state index is -4.03. The highest BCUT2D eigenvalue weighted by molar-refractivity contribution is 7.92. The molecule has 0 radical (unpaired) electrons. The Morgan fingerprint density at radius 1 is 1.08 bits per heavy atom. The fraction of sp³-hybridized carbons (Fsp3) is 0.333. The summed E-state index contributed by atoms with van der Waals surface area (Å²) in [6.07, 6.45) is 3.21. The molecule has 0 saturated heterocycles. The van der Waals surface area contributed by atoms with E-state index in [9.17, 15) is 32.2 Å². The van der Waals surface area contributed by atoms with Crippen LogP contribution in [0.4, 0.5) is 14.5 Å². The van der Waals surface area contributed by atoms with Crippen LogP contribution >= 0.6 is 11.6 Å². The highest BCUT2D eigenvalue weighted by Crippen LogP contribution is 2.56. The summed E-state index contributed by atoms with van der Waals surface area (Å²) in [7, 11) is -4.03. The van der Waals surface area contributed by atoms with E-state index in [0.717, 1.165) is 12.1 Å². The molecule has 2 saturated carbocycles. The van der Waals surface area contributed by atoms with E-state index in [1.54, 1.807) is 18.3 Å². The van der Waals surface area contributed by atoms with Crippen LogP contribution in [0.2, 0.25) is 5.02 Å². The van der Waals surface area contributed by atoms with Crippen LogP contribution < -0.4 is 5.32 Å². The third-order valence-electron chi connectivity index (χ3n) is 7.82. The maximum absolute atomic E-state index is 13.7. The van der Waals surface area contributed by atoms with E-state index in [4.69, 9.17) is 11.6 Å². The Morgan fingerprint density at radius 2 is 1.79 bits per heavy atom. The molecule has 3 N–H and O–H groups in total. The molecule has 2 aliphatic carbocycles. The lowest BCUT2D eigenvalue weighted by Crippen LogP contribution is -2.52. The molecule has 1 aromatic heterocycles. The number of fused-ring (bicyclic) bond motifs is 2. The number of pyridine rings is 1. The van der Waals surface area contributed by atoms with Crippen molar-refractivity contribution in [3.05, 3.63) is 88.7 Å². The predicted molar refractivity (Wildman–Crippen MR) is 136 cm³/mol. The molecule has 2 fully saturated rings. The zero-order valence-corrected chi connectivity index (χ0v) is 21.6. The number of amides is 1. The smallest absolute Gasteiger partial charge is 0.255 e. The van der Waals surface area contributed by atoms with Crippen LogP contribution in [0.25, 0.3) is 0 Å². The molecule has 1 amide bonds. The maximum Gasteiger partial charge on any atom is 0.255 e. The lowest BCUT2D eigenvalue weighted by atomic mass is 9.70. The van der Waals surface area contributed by atoms with Crippen LogP contribution in [0.5, 0.6) is 0 Å². The van der Waals surface area contributed by atoms with Gasteiger partial charge in [0.15, 0.2) is 21.5 Å². The Kier molecular flexibility index (Phi) is 7.02. The van der Waals surface area contributed by atoms with Crippen LogP contribution in [0.1, 0.15) is 47.7 Å². The molecule has 11 heteroatoms. The molecular weight excluding hydrogens is 538 g/mol. The van der Waals surface area contributed by atoms with Crippen LogP contribution in [0.3, 0.4) is 0 Å². The first kappa shape index (κ1) is 26.7. The third kappa shape index (κ3) is 4.59. The van der Waals surface area contributed by atoms with Crippen LogP contribution in [-0.4, -0.2) is 40.4 Å². The number of carbonyl (C=O) groups excluding carboxylic acids is 1. The number of hydrogen-bond acceptors (Lipinski definition) is 6. The van der Waals surface area contributed by atoms with Gasteiger partial charge in [-0.15, -0.1) is 0 Å². The van der Waals surface area contributed by atoms with Crippen molar-refractivity contribution < 1.29 is 32.2 Å². The Labute approximate surface area is 223 Å². The second-order valence-electron chi connectivity index (χ2n) is 9.91. The van der Waals surface area contributed by atoms with Gasteiger partial charge in [-0.1, -0.05) is 17.7 Å². The second kappa shape index (κ2) is 10.00. The number of aromatic nitrogens is 1. The van der Waals surface area contributed by atoms with Crippen molar-refractivity contribution >= 4 is 33.0 Å². The molecule has 2 bridgehead atoms. The second-order valence-corrected chi connectivity index (χ2v) is 12.5. The number of nitrogens with zero attached hydrogens (tertiary/aromatic N) is 1. The van der Waals surface area contributed by atoms with Crippen molar-refractivity contribution in [2.75, 3.05) is 5.32 Å². The fourth-order valence-corrected chi connectivity index (χ4v) is 8.27. The molecule has 2 aliphatic rings. The van der Waals surface area contributed by atoms with Crippen molar-refractivity contribution in [2.45, 2.75) is 47.5 Å². The number of aliphatic hydroxyl groups excluding tert-OH is 1. The zero-order chi connectivity index (χ0) is 27.2. The number of aliphatic hydroxyl groups is 2. The molecule has 5 atom stereocenters. The number of carbonyl (C=O) groups is 1. The summed E-state index contributed by atoms with van der Waals surface area (Å²) in [5.74, 6) is -3.85. The topological polar surface area (TPSA) is 117 Å². The molecule has 3 unspecified atom stereocenters. The lowest BCUT2D eigenvalue weighted by Gasteiger charge is -2.45. The SMILES string of the molecule is O=C(Nc1ccc(F)c(F)c1)c1ccc(Cl)c(S(=O)(=O)C2CC3CC[C@@H](C2)C3(O)[C@@H](O)c2cccnc2)c1. The van der Waals surface area contributed by atoms with Gasteiger partial charge in [-0.25, -0.2) is 17.2 Å². The van der Waals surface area contributed by atoms with E-state index < -0.39 is 56.2 Å². The standard InChI is InChI=1S/C27H25ClF2N2O5S/c28-21-7-3-15(26(34)32-19-6-8-22(29)23(30)13-19)10-24(21)38(36,37)20-11-17-4-5-18(12-20)27(17,35)25(33)16-2-1-9-31-14-16/h1-3,6-10,13-14,17-18,20,25,33,35H,4-5,11-12H2,(H,32,34)/t17-,18?,20?,25-,27?/m0/s1. The summed E-state index contributed by atoms with van der Waals surface area (Å²) >= 11 is 6.28. The average molecular weight is 563 g/mol. The number of benzene rings is 2. The number of anilines is 1. The first-order valence-corrected chi connectivity index (χ1v) is 14.0. The van der Waals surface area contributed by atoms with Crippen molar-refractivity contribution in [1.82, 2.24) is 4.98 Å². The predicted octanol–water partition coefficient (Wildman–Crippen LogP) is 4.69. The molecule has 2 aromatic carbocycles. The number of halogens is 3. The molecule has 3 aromatic rings. The van der Waals surface area contributed by atoms with Gasteiger partial charge >= 0.3 is 0 Å². The van der Waals surface area contributed by atoms with Gasteiger partial charge in [0.05, 0.1) is 15.2 Å². The highest BCUT2D eigenvalue weighted by atomic mass is 35.5. The molecule has 0 spiro atoms. The Morgan fingerprint density at radius 3 is 2.42 bits per heavy atom. The molecule has 7 nitrogen and oxygen atoms in total. The van der Waals surface area contributed by atoms with Crippen LogP contribution in [-0.2, 0) is 9.84 Å².